The standard InChI is InChI=1S/C25H23FN6O2/c1-3-4-22(33)20-5-13(2)18(12-28-20)16-6-14-10-29-23(31-25(34)17-7-19(17)26)8-21(14)32-15(9-27)11-30-24(16)32/h5-6,8,10-12,17,19,22,33H,3-4,7H2,1-2H3,(H,29,31,34)/t17-,19+,22?/m0/s1. The second-order valence-corrected chi connectivity index (χ2v) is 8.68. The lowest BCUT2D eigenvalue weighted by Crippen LogP contribution is -2.16. The predicted molar refractivity (Wildman–Crippen MR) is 125 cm³/mol. The number of carbonyl (C=O) groups is 1. The number of hydrogen-bond acceptors (Lipinski definition) is 6. The third-order valence-corrected chi connectivity index (χ3v) is 6.20. The van der Waals surface area contributed by atoms with E-state index in [1.54, 1.807) is 22.9 Å². The zero-order valence-corrected chi connectivity index (χ0v) is 18.8. The van der Waals surface area contributed by atoms with E-state index in [1.165, 1.54) is 6.20 Å². The first-order valence-electron chi connectivity index (χ1n) is 11.2. The van der Waals surface area contributed by atoms with Crippen molar-refractivity contribution in [1.29, 1.82) is 5.26 Å². The van der Waals surface area contributed by atoms with Crippen LogP contribution in [0.2, 0.25) is 0 Å². The van der Waals surface area contributed by atoms with Gasteiger partial charge in [0.1, 0.15) is 29.4 Å². The van der Waals surface area contributed by atoms with Crippen LogP contribution in [-0.2, 0) is 4.79 Å². The zero-order chi connectivity index (χ0) is 24.0. The van der Waals surface area contributed by atoms with Crippen molar-refractivity contribution in [3.8, 4) is 17.2 Å². The van der Waals surface area contributed by atoms with E-state index < -0.39 is 24.1 Å². The van der Waals surface area contributed by atoms with E-state index in [0.717, 1.165) is 28.5 Å². The normalized spacial score (nSPS) is 18.1. The van der Waals surface area contributed by atoms with Crippen LogP contribution in [0.15, 0.2) is 36.8 Å². The molecule has 0 aromatic carbocycles. The van der Waals surface area contributed by atoms with Gasteiger partial charge in [0.2, 0.25) is 5.91 Å². The average molecular weight is 458 g/mol. The summed E-state index contributed by atoms with van der Waals surface area (Å²) >= 11 is 0. The number of aliphatic hydroxyl groups excluding tert-OH is 1. The van der Waals surface area contributed by atoms with Crippen LogP contribution < -0.4 is 5.32 Å². The minimum atomic E-state index is -1.10. The SMILES string of the molecule is CCCC(O)c1cc(C)c(-c2cc3cnc(NC(=O)[C@H]4C[C@H]4F)cc3n3c(C#N)cnc23)cn1. The first-order valence-corrected chi connectivity index (χ1v) is 11.2. The van der Waals surface area contributed by atoms with Gasteiger partial charge in [0, 0.05) is 35.0 Å². The third-order valence-electron chi connectivity index (χ3n) is 6.20. The van der Waals surface area contributed by atoms with Crippen molar-refractivity contribution >= 4 is 28.3 Å². The molecule has 0 aliphatic heterocycles. The van der Waals surface area contributed by atoms with E-state index in [-0.39, 0.29) is 12.2 Å². The van der Waals surface area contributed by atoms with Crippen LogP contribution in [0.25, 0.3) is 27.7 Å². The van der Waals surface area contributed by atoms with Gasteiger partial charge in [-0.15, -0.1) is 0 Å². The largest absolute Gasteiger partial charge is 0.387 e. The molecular formula is C25H23FN6O2. The van der Waals surface area contributed by atoms with E-state index in [2.05, 4.69) is 26.3 Å². The van der Waals surface area contributed by atoms with Gasteiger partial charge in [0.05, 0.1) is 29.4 Å². The number of aryl methyl sites for hydroxylation is 1. The number of nitrogens with zero attached hydrogens (tertiary/aromatic N) is 5. The number of anilines is 1. The Hall–Kier alpha value is -3.90. The number of nitrogens with one attached hydrogen (secondary N) is 1. The molecule has 1 amide bonds. The van der Waals surface area contributed by atoms with Crippen LogP contribution in [0.3, 0.4) is 0 Å². The van der Waals surface area contributed by atoms with Crippen LogP contribution in [0, 0.1) is 24.2 Å². The first kappa shape index (κ1) is 21.9. The van der Waals surface area contributed by atoms with Crippen molar-refractivity contribution in [3.63, 3.8) is 0 Å². The van der Waals surface area contributed by atoms with Gasteiger partial charge in [-0.05, 0) is 37.5 Å². The van der Waals surface area contributed by atoms with Crippen LogP contribution in [0.5, 0.6) is 0 Å². The molecule has 4 heterocycles. The fourth-order valence-corrected chi connectivity index (χ4v) is 4.23. The van der Waals surface area contributed by atoms with Gasteiger partial charge in [-0.1, -0.05) is 13.3 Å². The Bertz CT molecular complexity index is 1470. The molecule has 0 bridgehead atoms. The minimum absolute atomic E-state index is 0.231. The van der Waals surface area contributed by atoms with Gasteiger partial charge in [-0.25, -0.2) is 14.4 Å². The maximum Gasteiger partial charge on any atom is 0.231 e. The molecule has 1 saturated carbocycles. The van der Waals surface area contributed by atoms with E-state index in [4.69, 9.17) is 0 Å². The Morgan fingerprint density at radius 1 is 1.26 bits per heavy atom. The molecule has 2 N–H and O–H groups in total. The number of nitriles is 1. The van der Waals surface area contributed by atoms with Crippen molar-refractivity contribution in [2.75, 3.05) is 5.32 Å². The Kier molecular flexibility index (Phi) is 5.46. The van der Waals surface area contributed by atoms with Gasteiger partial charge in [0.15, 0.2) is 0 Å². The molecule has 0 radical (unpaired) electrons. The molecule has 34 heavy (non-hydrogen) atoms. The summed E-state index contributed by atoms with van der Waals surface area (Å²) in [5.74, 6) is -0.738. The van der Waals surface area contributed by atoms with Gasteiger partial charge >= 0.3 is 0 Å². The van der Waals surface area contributed by atoms with E-state index in [0.29, 0.717) is 29.0 Å². The Morgan fingerprint density at radius 2 is 2.06 bits per heavy atom. The summed E-state index contributed by atoms with van der Waals surface area (Å²) in [4.78, 5) is 25.5. The summed E-state index contributed by atoms with van der Waals surface area (Å²) in [7, 11) is 0. The second-order valence-electron chi connectivity index (χ2n) is 8.68. The molecule has 8 nitrogen and oxygen atoms in total. The van der Waals surface area contributed by atoms with E-state index >= 15 is 0 Å². The number of halogens is 1. The van der Waals surface area contributed by atoms with Crippen molar-refractivity contribution in [1.82, 2.24) is 19.4 Å². The Morgan fingerprint density at radius 3 is 2.74 bits per heavy atom. The summed E-state index contributed by atoms with van der Waals surface area (Å²) in [6.45, 7) is 3.96. The maximum atomic E-state index is 13.2. The van der Waals surface area contributed by atoms with Gasteiger partial charge in [0.25, 0.3) is 0 Å². The monoisotopic (exact) mass is 458 g/mol. The molecule has 1 unspecified atom stereocenters. The van der Waals surface area contributed by atoms with Crippen molar-refractivity contribution in [2.45, 2.75) is 45.4 Å². The topological polar surface area (TPSA) is 116 Å². The lowest BCUT2D eigenvalue weighted by atomic mass is 10.00. The first-order chi connectivity index (χ1) is 16.4. The lowest BCUT2D eigenvalue weighted by molar-refractivity contribution is -0.117. The van der Waals surface area contributed by atoms with Crippen molar-refractivity contribution in [2.24, 2.45) is 5.92 Å². The summed E-state index contributed by atoms with van der Waals surface area (Å²) in [5, 5.41) is 23.4. The van der Waals surface area contributed by atoms with Crippen LogP contribution in [0.1, 0.15) is 49.2 Å². The highest BCUT2D eigenvalue weighted by molar-refractivity contribution is 5.97. The predicted octanol–water partition coefficient (Wildman–Crippen LogP) is 4.25. The molecule has 5 rings (SSSR count). The van der Waals surface area contributed by atoms with Crippen LogP contribution >= 0.6 is 0 Å². The van der Waals surface area contributed by atoms with Crippen molar-refractivity contribution < 1.29 is 14.3 Å². The number of fused-ring (bicyclic) bond motifs is 3. The molecule has 3 atom stereocenters. The molecule has 0 spiro atoms. The number of alkyl halides is 1. The second kappa shape index (κ2) is 8.47. The number of hydrogen-bond donors (Lipinski definition) is 2. The minimum Gasteiger partial charge on any atom is -0.387 e. The smallest absolute Gasteiger partial charge is 0.231 e. The fourth-order valence-electron chi connectivity index (χ4n) is 4.23. The van der Waals surface area contributed by atoms with Gasteiger partial charge < -0.3 is 10.4 Å². The third kappa shape index (κ3) is 3.76. The van der Waals surface area contributed by atoms with E-state index in [1.807, 2.05) is 26.0 Å². The van der Waals surface area contributed by atoms with Gasteiger partial charge in [-0.3, -0.25) is 14.2 Å². The maximum absolute atomic E-state index is 13.2. The summed E-state index contributed by atoms with van der Waals surface area (Å²) in [6, 6.07) is 7.62. The van der Waals surface area contributed by atoms with Crippen molar-refractivity contribution in [3.05, 3.63) is 53.7 Å². The molecule has 4 aromatic heterocycles. The molecular weight excluding hydrogens is 435 g/mol. The molecule has 172 valence electrons. The highest BCUT2D eigenvalue weighted by atomic mass is 19.1. The zero-order valence-electron chi connectivity index (χ0n) is 18.8. The molecule has 9 heteroatoms. The highest BCUT2D eigenvalue weighted by Gasteiger charge is 2.43. The number of aromatic nitrogens is 4. The highest BCUT2D eigenvalue weighted by Crippen LogP contribution is 2.36. The number of imidazole rings is 1. The number of pyridine rings is 3. The van der Waals surface area contributed by atoms with E-state index in [9.17, 15) is 19.6 Å². The number of carbonyl (C=O) groups excluding carboxylic acids is 1. The number of aliphatic hydroxyl groups is 1. The van der Waals surface area contributed by atoms with Crippen LogP contribution in [0.4, 0.5) is 10.2 Å². The summed E-state index contributed by atoms with van der Waals surface area (Å²) in [5.41, 5.74) is 4.68. The molecule has 1 aliphatic rings. The summed E-state index contributed by atoms with van der Waals surface area (Å²) in [6.07, 6.45) is 4.82. The quantitative estimate of drug-likeness (QED) is 0.446. The molecule has 1 aliphatic carbocycles. The fraction of sp³-hybridized carbons (Fsp3) is 0.320. The summed E-state index contributed by atoms with van der Waals surface area (Å²) < 4.78 is 15.0. The molecule has 4 aromatic rings. The number of rotatable bonds is 6. The lowest BCUT2D eigenvalue weighted by Gasteiger charge is -2.14. The van der Waals surface area contributed by atoms with Gasteiger partial charge in [-0.2, -0.15) is 5.26 Å². The molecule has 1 fully saturated rings. The Balaban J connectivity index is 1.63. The average Bonchev–Trinajstić information content (AvgIpc) is 3.40. The Labute approximate surface area is 195 Å². The number of amides is 1. The molecule has 0 saturated heterocycles. The van der Waals surface area contributed by atoms with Crippen LogP contribution in [-0.4, -0.2) is 36.5 Å².